The third kappa shape index (κ3) is 3.31. The molecule has 0 spiro atoms. The maximum absolute atomic E-state index is 11.4. The van der Waals surface area contributed by atoms with Crippen molar-refractivity contribution in [3.05, 3.63) is 27.7 Å². The fourth-order valence-electron chi connectivity index (χ4n) is 2.26. The molecule has 0 saturated heterocycles. The minimum absolute atomic E-state index is 0.108. The summed E-state index contributed by atoms with van der Waals surface area (Å²) in [6.07, 6.45) is 2.26. The number of rotatable bonds is 6. The van der Waals surface area contributed by atoms with Crippen LogP contribution in [0.5, 0.6) is 5.75 Å². The third-order valence-electron chi connectivity index (χ3n) is 3.32. The zero-order chi connectivity index (χ0) is 14.5. The zero-order valence-corrected chi connectivity index (χ0v) is 12.6. The number of nitrogens with zero attached hydrogens (tertiary/aromatic N) is 1. The summed E-state index contributed by atoms with van der Waals surface area (Å²) in [5, 5.41) is 5.49. The molecule has 2 rings (SSSR count). The van der Waals surface area contributed by atoms with E-state index in [1.165, 1.54) is 5.57 Å². The maximum Gasteiger partial charge on any atom is 0.219 e. The first kappa shape index (κ1) is 14.9. The SMILES string of the molecule is CCCC(=O)NCCC1=c2cc(OC)c(Cl)cc2=NC1. The number of ether oxygens (including phenoxy) is 1. The second-order valence-corrected chi connectivity index (χ2v) is 5.18. The number of fused-ring (bicyclic) bond motifs is 1. The number of benzene rings is 1. The lowest BCUT2D eigenvalue weighted by Crippen LogP contribution is -2.27. The average molecular weight is 295 g/mol. The van der Waals surface area contributed by atoms with Gasteiger partial charge in [0.2, 0.25) is 5.91 Å². The minimum atomic E-state index is 0.108. The lowest BCUT2D eigenvalue weighted by atomic mass is 10.1. The van der Waals surface area contributed by atoms with Crippen LogP contribution in [-0.2, 0) is 4.79 Å². The Hall–Kier alpha value is -1.55. The van der Waals surface area contributed by atoms with Crippen LogP contribution in [0.2, 0.25) is 5.02 Å². The van der Waals surface area contributed by atoms with E-state index in [4.69, 9.17) is 16.3 Å². The third-order valence-corrected chi connectivity index (χ3v) is 3.61. The van der Waals surface area contributed by atoms with Crippen LogP contribution in [0.1, 0.15) is 26.2 Å². The standard InChI is InChI=1S/C15H19ClN2O2/c1-3-4-15(19)17-6-5-10-9-18-13-8-12(16)14(20-2)7-11(10)13/h7-8H,3-6,9H2,1-2H3,(H,17,19). The van der Waals surface area contributed by atoms with Crippen LogP contribution in [0.25, 0.3) is 5.57 Å². The molecule has 0 saturated carbocycles. The molecule has 0 unspecified atom stereocenters. The summed E-state index contributed by atoms with van der Waals surface area (Å²) in [6.45, 7) is 3.31. The quantitative estimate of drug-likeness (QED) is 0.863. The van der Waals surface area contributed by atoms with Gasteiger partial charge >= 0.3 is 0 Å². The van der Waals surface area contributed by atoms with E-state index in [-0.39, 0.29) is 5.91 Å². The summed E-state index contributed by atoms with van der Waals surface area (Å²) in [5.74, 6) is 0.770. The van der Waals surface area contributed by atoms with Crippen molar-refractivity contribution in [2.75, 3.05) is 20.2 Å². The van der Waals surface area contributed by atoms with Crippen LogP contribution < -0.4 is 20.6 Å². The number of carbonyl (C=O) groups excluding carboxylic acids is 1. The van der Waals surface area contributed by atoms with Gasteiger partial charge in [0, 0.05) is 18.2 Å². The number of amides is 1. The molecule has 0 radical (unpaired) electrons. The van der Waals surface area contributed by atoms with Crippen molar-refractivity contribution in [1.29, 1.82) is 0 Å². The van der Waals surface area contributed by atoms with Crippen LogP contribution in [0.15, 0.2) is 17.1 Å². The first-order chi connectivity index (χ1) is 9.65. The summed E-state index contributed by atoms with van der Waals surface area (Å²) < 4.78 is 5.24. The summed E-state index contributed by atoms with van der Waals surface area (Å²) >= 11 is 6.09. The molecule has 1 amide bonds. The number of hydrogen-bond acceptors (Lipinski definition) is 3. The van der Waals surface area contributed by atoms with Crippen molar-refractivity contribution >= 4 is 23.1 Å². The predicted molar refractivity (Wildman–Crippen MR) is 79.6 cm³/mol. The molecule has 5 heteroatoms. The van der Waals surface area contributed by atoms with Crippen LogP contribution in [-0.4, -0.2) is 26.1 Å². The Labute approximate surface area is 123 Å². The first-order valence-corrected chi connectivity index (χ1v) is 7.20. The molecule has 0 bridgehead atoms. The van der Waals surface area contributed by atoms with Gasteiger partial charge in [0.15, 0.2) is 0 Å². The molecule has 108 valence electrons. The highest BCUT2D eigenvalue weighted by Crippen LogP contribution is 2.20. The van der Waals surface area contributed by atoms with Crippen molar-refractivity contribution in [1.82, 2.24) is 5.32 Å². The highest BCUT2D eigenvalue weighted by molar-refractivity contribution is 6.32. The van der Waals surface area contributed by atoms with Gasteiger partial charge in [-0.25, -0.2) is 0 Å². The molecule has 0 fully saturated rings. The maximum atomic E-state index is 11.4. The van der Waals surface area contributed by atoms with Crippen LogP contribution in [0.4, 0.5) is 0 Å². The van der Waals surface area contributed by atoms with Crippen LogP contribution in [0.3, 0.4) is 0 Å². The van der Waals surface area contributed by atoms with Gasteiger partial charge in [-0.2, -0.15) is 0 Å². The highest BCUT2D eigenvalue weighted by Gasteiger charge is 2.10. The molecule has 20 heavy (non-hydrogen) atoms. The smallest absolute Gasteiger partial charge is 0.219 e. The molecule has 4 nitrogen and oxygen atoms in total. The van der Waals surface area contributed by atoms with Gasteiger partial charge in [-0.05, 0) is 30.5 Å². The Kier molecular flexibility index (Phi) is 5.01. The molecule has 1 aliphatic heterocycles. The molecule has 0 atom stereocenters. The van der Waals surface area contributed by atoms with Crippen molar-refractivity contribution in [3.8, 4) is 5.75 Å². The topological polar surface area (TPSA) is 50.7 Å². The predicted octanol–water partition coefficient (Wildman–Crippen LogP) is 1.44. The largest absolute Gasteiger partial charge is 0.495 e. The van der Waals surface area contributed by atoms with Gasteiger partial charge in [0.1, 0.15) is 5.75 Å². The van der Waals surface area contributed by atoms with Crippen LogP contribution in [0, 0.1) is 0 Å². The summed E-state index contributed by atoms with van der Waals surface area (Å²) in [6, 6.07) is 3.76. The van der Waals surface area contributed by atoms with Crippen molar-refractivity contribution in [3.63, 3.8) is 0 Å². The van der Waals surface area contributed by atoms with E-state index in [0.29, 0.717) is 30.3 Å². The lowest BCUT2D eigenvalue weighted by Gasteiger charge is -2.05. The highest BCUT2D eigenvalue weighted by atomic mass is 35.5. The van der Waals surface area contributed by atoms with Gasteiger partial charge in [0.25, 0.3) is 0 Å². The molecule has 1 heterocycles. The second kappa shape index (κ2) is 6.75. The summed E-state index contributed by atoms with van der Waals surface area (Å²) in [5.41, 5.74) is 1.21. The normalized spacial score (nSPS) is 12.8. The summed E-state index contributed by atoms with van der Waals surface area (Å²) in [7, 11) is 1.60. The monoisotopic (exact) mass is 294 g/mol. The Morgan fingerprint density at radius 3 is 3.00 bits per heavy atom. The molecule has 0 aromatic heterocycles. The van der Waals surface area contributed by atoms with Gasteiger partial charge in [0.05, 0.1) is 24.0 Å². The van der Waals surface area contributed by atoms with Crippen molar-refractivity contribution in [2.45, 2.75) is 26.2 Å². The number of halogens is 1. The lowest BCUT2D eigenvalue weighted by molar-refractivity contribution is -0.121. The first-order valence-electron chi connectivity index (χ1n) is 6.82. The number of nitrogens with one attached hydrogen (secondary N) is 1. The fourth-order valence-corrected chi connectivity index (χ4v) is 2.50. The van der Waals surface area contributed by atoms with Gasteiger partial charge in [-0.15, -0.1) is 0 Å². The number of hydrogen-bond donors (Lipinski definition) is 1. The summed E-state index contributed by atoms with van der Waals surface area (Å²) in [4.78, 5) is 15.9. The molecule has 1 N–H and O–H groups in total. The second-order valence-electron chi connectivity index (χ2n) is 4.77. The Morgan fingerprint density at radius 2 is 2.30 bits per heavy atom. The fraction of sp³-hybridized carbons (Fsp3) is 0.467. The van der Waals surface area contributed by atoms with E-state index in [9.17, 15) is 4.79 Å². The molecular formula is C15H19ClN2O2. The van der Waals surface area contributed by atoms with E-state index in [1.54, 1.807) is 7.11 Å². The van der Waals surface area contributed by atoms with E-state index in [1.807, 2.05) is 19.1 Å². The number of carbonyl (C=O) groups is 1. The number of methoxy groups -OCH3 is 1. The van der Waals surface area contributed by atoms with Crippen molar-refractivity contribution < 1.29 is 9.53 Å². The van der Waals surface area contributed by atoms with Gasteiger partial charge in [-0.1, -0.05) is 18.5 Å². The molecule has 1 aromatic rings. The Bertz CT molecular complexity index is 625. The van der Waals surface area contributed by atoms with E-state index < -0.39 is 0 Å². The zero-order valence-electron chi connectivity index (χ0n) is 11.8. The van der Waals surface area contributed by atoms with E-state index in [0.717, 1.165) is 23.4 Å². The Balaban J connectivity index is 2.11. The van der Waals surface area contributed by atoms with E-state index in [2.05, 4.69) is 10.3 Å². The molecule has 1 aromatic carbocycles. The molecule has 0 aliphatic carbocycles. The average Bonchev–Trinajstić information content (AvgIpc) is 2.80. The minimum Gasteiger partial charge on any atom is -0.495 e. The van der Waals surface area contributed by atoms with Gasteiger partial charge in [-0.3, -0.25) is 9.79 Å². The van der Waals surface area contributed by atoms with Gasteiger partial charge < -0.3 is 10.1 Å². The molecular weight excluding hydrogens is 276 g/mol. The van der Waals surface area contributed by atoms with E-state index >= 15 is 0 Å². The van der Waals surface area contributed by atoms with Crippen molar-refractivity contribution in [2.24, 2.45) is 4.99 Å². The molecule has 1 aliphatic rings. The van der Waals surface area contributed by atoms with Crippen LogP contribution >= 0.6 is 11.6 Å². The Morgan fingerprint density at radius 1 is 1.50 bits per heavy atom.